The van der Waals surface area contributed by atoms with Crippen LogP contribution in [0.4, 0.5) is 5.69 Å². The van der Waals surface area contributed by atoms with Gasteiger partial charge >= 0.3 is 0 Å². The quantitative estimate of drug-likeness (QED) is 0.282. The number of para-hydroxylation sites is 1. The summed E-state index contributed by atoms with van der Waals surface area (Å²) < 4.78 is 28.1. The van der Waals surface area contributed by atoms with Crippen molar-refractivity contribution in [1.29, 1.82) is 0 Å². The fourth-order valence-electron chi connectivity index (χ4n) is 3.29. The average Bonchev–Trinajstić information content (AvgIpc) is 2.81. The number of benzene rings is 4. The largest absolute Gasteiger partial charge is 0.507 e. The molecule has 0 bridgehead atoms. The van der Waals surface area contributed by atoms with Crippen LogP contribution in [-0.2, 0) is 10.0 Å². The Morgan fingerprint density at radius 2 is 1.39 bits per heavy atom. The number of aromatic hydroxyl groups is 1. The van der Waals surface area contributed by atoms with Crippen molar-refractivity contribution < 1.29 is 13.5 Å². The lowest BCUT2D eigenvalue weighted by atomic mass is 9.99. The van der Waals surface area contributed by atoms with E-state index < -0.39 is 10.0 Å². The van der Waals surface area contributed by atoms with Gasteiger partial charge in [-0.15, -0.1) is 0 Å². The van der Waals surface area contributed by atoms with Crippen molar-refractivity contribution >= 4 is 27.3 Å². The number of sulfonamides is 1. The van der Waals surface area contributed by atoms with E-state index in [0.717, 1.165) is 9.87 Å². The van der Waals surface area contributed by atoms with Crippen LogP contribution in [0.3, 0.4) is 0 Å². The van der Waals surface area contributed by atoms with E-state index >= 15 is 0 Å². The molecule has 0 saturated carbocycles. The number of nitrogens with zero attached hydrogens (tertiary/aromatic N) is 1. The van der Waals surface area contributed by atoms with Crippen molar-refractivity contribution in [1.82, 2.24) is 0 Å². The first-order chi connectivity index (χ1) is 15.9. The number of anilines is 1. The molecule has 0 heterocycles. The third-order valence-electron chi connectivity index (χ3n) is 5.03. The molecule has 1 N–H and O–H groups in total. The second-order valence-corrected chi connectivity index (χ2v) is 9.58. The van der Waals surface area contributed by atoms with Crippen molar-refractivity contribution in [2.75, 3.05) is 4.31 Å². The third kappa shape index (κ3) is 4.88. The van der Waals surface area contributed by atoms with Crippen LogP contribution in [0.5, 0.6) is 5.75 Å². The highest BCUT2D eigenvalue weighted by Gasteiger charge is 2.24. The number of halogens is 1. The Bertz CT molecular complexity index is 1450. The first kappa shape index (κ1) is 22.5. The molecule has 0 unspecified atom stereocenters. The van der Waals surface area contributed by atoms with Gasteiger partial charge in [-0.2, -0.15) is 4.31 Å². The summed E-state index contributed by atoms with van der Waals surface area (Å²) in [4.78, 5) is 0.0794. The number of hydrogen-bond donors (Lipinski definition) is 1. The van der Waals surface area contributed by atoms with Crippen molar-refractivity contribution in [2.45, 2.75) is 11.8 Å². The summed E-state index contributed by atoms with van der Waals surface area (Å²) in [5.74, 6) is 3.12. The molecule has 4 rings (SSSR count). The minimum absolute atomic E-state index is 0.0794. The molecule has 0 saturated heterocycles. The molecule has 0 aliphatic rings. The van der Waals surface area contributed by atoms with Gasteiger partial charge in [0.05, 0.1) is 10.6 Å². The average molecular weight is 474 g/mol. The second-order valence-electron chi connectivity index (χ2n) is 7.36. The molecule has 4 aromatic rings. The molecule has 4 nitrogen and oxygen atoms in total. The van der Waals surface area contributed by atoms with Crippen LogP contribution in [-0.4, -0.2) is 13.5 Å². The Balaban J connectivity index is 1.85. The lowest BCUT2D eigenvalue weighted by Crippen LogP contribution is -2.26. The number of rotatable bonds is 4. The van der Waals surface area contributed by atoms with Gasteiger partial charge in [0.1, 0.15) is 5.75 Å². The maximum atomic E-state index is 13.5. The summed E-state index contributed by atoms with van der Waals surface area (Å²) in [5.41, 5.74) is 3.33. The minimum Gasteiger partial charge on any atom is -0.507 e. The molecule has 0 aliphatic carbocycles. The number of hydrogen-bond acceptors (Lipinski definition) is 3. The van der Waals surface area contributed by atoms with Crippen LogP contribution in [0.25, 0.3) is 11.1 Å². The molecule has 0 aliphatic heterocycles. The summed E-state index contributed by atoms with van der Waals surface area (Å²) in [6.45, 7) is 1.93. The zero-order valence-corrected chi connectivity index (χ0v) is 19.3. The van der Waals surface area contributed by atoms with Gasteiger partial charge in [0.25, 0.3) is 10.0 Å². The predicted octanol–water partition coefficient (Wildman–Crippen LogP) is 6.23. The molecule has 0 radical (unpaired) electrons. The molecule has 0 aromatic heterocycles. The molecule has 0 spiro atoms. The van der Waals surface area contributed by atoms with E-state index in [1.165, 1.54) is 24.3 Å². The van der Waals surface area contributed by atoms with Gasteiger partial charge in [-0.25, -0.2) is 8.42 Å². The summed E-state index contributed by atoms with van der Waals surface area (Å²) in [6.07, 6.45) is 0. The van der Waals surface area contributed by atoms with Crippen LogP contribution >= 0.6 is 11.6 Å². The van der Waals surface area contributed by atoms with Crippen molar-refractivity contribution in [3.8, 4) is 28.8 Å². The summed E-state index contributed by atoms with van der Waals surface area (Å²) >= 11 is 5.95. The second kappa shape index (κ2) is 9.41. The lowest BCUT2D eigenvalue weighted by molar-refractivity contribution is 0.477. The van der Waals surface area contributed by atoms with Crippen LogP contribution in [0.2, 0.25) is 5.02 Å². The van der Waals surface area contributed by atoms with E-state index in [-0.39, 0.29) is 10.6 Å². The SMILES string of the molecule is Cc1ccc(N(C#Cc2ccccc2-c2ccccc2O)S(=O)(=O)c2ccc(Cl)cc2)cc1. The van der Waals surface area contributed by atoms with Crippen LogP contribution in [0.15, 0.2) is 102 Å². The zero-order valence-electron chi connectivity index (χ0n) is 17.7. The van der Waals surface area contributed by atoms with Crippen molar-refractivity contribution in [3.63, 3.8) is 0 Å². The molecule has 0 amide bonds. The predicted molar refractivity (Wildman–Crippen MR) is 133 cm³/mol. The maximum Gasteiger partial charge on any atom is 0.275 e. The fraction of sp³-hybridized carbons (Fsp3) is 0.0370. The Hall–Kier alpha value is -3.72. The maximum absolute atomic E-state index is 13.5. The lowest BCUT2D eigenvalue weighted by Gasteiger charge is -2.18. The Morgan fingerprint density at radius 1 is 0.788 bits per heavy atom. The molecule has 6 heteroatoms. The van der Waals surface area contributed by atoms with Gasteiger partial charge < -0.3 is 5.11 Å². The van der Waals surface area contributed by atoms with Gasteiger partial charge in [-0.3, -0.25) is 0 Å². The first-order valence-electron chi connectivity index (χ1n) is 10.1. The first-order valence-corrected chi connectivity index (χ1v) is 11.9. The Kier molecular flexibility index (Phi) is 6.41. The molecule has 164 valence electrons. The van der Waals surface area contributed by atoms with E-state index in [1.807, 2.05) is 43.3 Å². The molecule has 33 heavy (non-hydrogen) atoms. The zero-order chi connectivity index (χ0) is 23.4. The Morgan fingerprint density at radius 3 is 2.06 bits per heavy atom. The number of phenolic OH excluding ortho intramolecular Hbond substituents is 1. The van der Waals surface area contributed by atoms with Gasteiger partial charge in [-0.1, -0.05) is 65.7 Å². The van der Waals surface area contributed by atoms with Crippen molar-refractivity contribution in [3.05, 3.63) is 113 Å². The third-order valence-corrected chi connectivity index (χ3v) is 6.94. The molecular weight excluding hydrogens is 454 g/mol. The van der Waals surface area contributed by atoms with E-state index in [0.29, 0.717) is 27.4 Å². The van der Waals surface area contributed by atoms with Crippen molar-refractivity contribution in [2.24, 2.45) is 0 Å². The standard InChI is InChI=1S/C27H20ClNO3S/c1-20-10-14-23(15-11-20)29(33(31,32)24-16-12-22(28)13-17-24)19-18-21-6-2-3-7-25(21)26-8-4-5-9-27(26)30/h2-17,30H,1H3. The van der Waals surface area contributed by atoms with Crippen LogP contribution < -0.4 is 4.31 Å². The highest BCUT2D eigenvalue weighted by molar-refractivity contribution is 7.93. The summed E-state index contributed by atoms with van der Waals surface area (Å²) in [6, 6.07) is 30.1. The fourth-order valence-corrected chi connectivity index (χ4v) is 4.68. The van der Waals surface area contributed by atoms with Gasteiger partial charge in [-0.05, 0) is 61.4 Å². The molecule has 0 atom stereocenters. The smallest absolute Gasteiger partial charge is 0.275 e. The van der Waals surface area contributed by atoms with Crippen LogP contribution in [0.1, 0.15) is 11.1 Å². The van der Waals surface area contributed by atoms with Gasteiger partial charge in [0.15, 0.2) is 0 Å². The van der Waals surface area contributed by atoms with E-state index in [9.17, 15) is 13.5 Å². The summed E-state index contributed by atoms with van der Waals surface area (Å²) in [5, 5.41) is 10.7. The molecule has 4 aromatic carbocycles. The summed E-state index contributed by atoms with van der Waals surface area (Å²) in [7, 11) is -3.99. The highest BCUT2D eigenvalue weighted by Crippen LogP contribution is 2.31. The molecule has 0 fully saturated rings. The van der Waals surface area contributed by atoms with E-state index in [4.69, 9.17) is 11.6 Å². The van der Waals surface area contributed by atoms with E-state index in [1.54, 1.807) is 36.4 Å². The van der Waals surface area contributed by atoms with E-state index in [2.05, 4.69) is 12.0 Å². The minimum atomic E-state index is -3.99. The highest BCUT2D eigenvalue weighted by atomic mass is 35.5. The number of phenols is 1. The normalized spacial score (nSPS) is 10.8. The van der Waals surface area contributed by atoms with Crippen LogP contribution in [0, 0.1) is 18.9 Å². The molecular formula is C27H20ClNO3S. The van der Waals surface area contributed by atoms with Gasteiger partial charge in [0.2, 0.25) is 0 Å². The number of aryl methyl sites for hydroxylation is 1. The topological polar surface area (TPSA) is 57.6 Å². The van der Waals surface area contributed by atoms with Gasteiger partial charge in [0, 0.05) is 27.8 Å². The Labute approximate surface area is 198 Å². The monoisotopic (exact) mass is 473 g/mol.